The fourth-order valence-electron chi connectivity index (χ4n) is 1.59. The van der Waals surface area contributed by atoms with Crippen molar-refractivity contribution in [1.29, 1.82) is 0 Å². The second-order valence-corrected chi connectivity index (χ2v) is 4.11. The van der Waals surface area contributed by atoms with Crippen LogP contribution in [0.1, 0.15) is 0 Å². The van der Waals surface area contributed by atoms with Crippen molar-refractivity contribution in [2.24, 2.45) is 0 Å². The zero-order valence-electron chi connectivity index (χ0n) is 9.85. The van der Waals surface area contributed by atoms with E-state index in [0.29, 0.717) is 11.4 Å². The molecule has 0 aliphatic heterocycles. The fourth-order valence-corrected chi connectivity index (χ4v) is 1.77. The zero-order valence-corrected chi connectivity index (χ0v) is 10.6. The Kier molecular flexibility index (Phi) is 3.62. The SMILES string of the molecule is CNc1ccc([N+](=O)[O-])c(-c2ccc(F)c(Cl)c2)n1. The van der Waals surface area contributed by atoms with Crippen LogP contribution < -0.4 is 5.32 Å². The monoisotopic (exact) mass is 281 g/mol. The lowest BCUT2D eigenvalue weighted by molar-refractivity contribution is -0.384. The van der Waals surface area contributed by atoms with Crippen LogP contribution in [0.4, 0.5) is 15.9 Å². The van der Waals surface area contributed by atoms with Crippen molar-refractivity contribution >= 4 is 23.1 Å². The fraction of sp³-hybridized carbons (Fsp3) is 0.0833. The first kappa shape index (κ1) is 13.2. The average molecular weight is 282 g/mol. The summed E-state index contributed by atoms with van der Waals surface area (Å²) in [4.78, 5) is 14.6. The molecule has 5 nitrogen and oxygen atoms in total. The molecule has 19 heavy (non-hydrogen) atoms. The van der Waals surface area contributed by atoms with Crippen molar-refractivity contribution < 1.29 is 9.31 Å². The van der Waals surface area contributed by atoms with E-state index in [2.05, 4.69) is 10.3 Å². The first-order valence-electron chi connectivity index (χ1n) is 5.31. The minimum atomic E-state index is -0.585. The number of hydrogen-bond donors (Lipinski definition) is 1. The molecule has 0 bridgehead atoms. The van der Waals surface area contributed by atoms with Crippen molar-refractivity contribution in [2.45, 2.75) is 0 Å². The van der Waals surface area contributed by atoms with Gasteiger partial charge in [0.2, 0.25) is 0 Å². The maximum absolute atomic E-state index is 13.1. The minimum absolute atomic E-state index is 0.108. The Balaban J connectivity index is 2.64. The number of anilines is 1. The number of hydrogen-bond acceptors (Lipinski definition) is 4. The summed E-state index contributed by atoms with van der Waals surface area (Å²) in [7, 11) is 1.65. The molecule has 1 aromatic carbocycles. The van der Waals surface area contributed by atoms with E-state index in [1.54, 1.807) is 7.05 Å². The highest BCUT2D eigenvalue weighted by atomic mass is 35.5. The Bertz CT molecular complexity index is 649. The number of pyridine rings is 1. The lowest BCUT2D eigenvalue weighted by Gasteiger charge is -2.06. The number of nitro groups is 1. The van der Waals surface area contributed by atoms with Gasteiger partial charge in [-0.15, -0.1) is 0 Å². The second-order valence-electron chi connectivity index (χ2n) is 3.70. The summed E-state index contributed by atoms with van der Waals surface area (Å²) in [6.45, 7) is 0. The van der Waals surface area contributed by atoms with Gasteiger partial charge < -0.3 is 5.32 Å². The number of aromatic nitrogens is 1. The Hall–Kier alpha value is -2.21. The third-order valence-corrected chi connectivity index (χ3v) is 2.81. The van der Waals surface area contributed by atoms with Crippen molar-refractivity contribution in [3.8, 4) is 11.3 Å². The molecule has 0 atom stereocenters. The van der Waals surface area contributed by atoms with E-state index in [4.69, 9.17) is 11.6 Å². The Morgan fingerprint density at radius 2 is 2.11 bits per heavy atom. The lowest BCUT2D eigenvalue weighted by atomic mass is 10.1. The zero-order chi connectivity index (χ0) is 14.0. The molecule has 0 aliphatic rings. The van der Waals surface area contributed by atoms with Gasteiger partial charge in [0.05, 0.1) is 9.95 Å². The molecule has 0 saturated heterocycles. The number of rotatable bonds is 3. The molecule has 2 rings (SSSR count). The smallest absolute Gasteiger partial charge is 0.295 e. The van der Waals surface area contributed by atoms with E-state index in [1.807, 2.05) is 0 Å². The van der Waals surface area contributed by atoms with E-state index < -0.39 is 10.7 Å². The third kappa shape index (κ3) is 2.63. The van der Waals surface area contributed by atoms with Crippen molar-refractivity contribution in [2.75, 3.05) is 12.4 Å². The number of nitrogens with zero attached hydrogens (tertiary/aromatic N) is 2. The van der Waals surface area contributed by atoms with Crippen molar-refractivity contribution in [3.63, 3.8) is 0 Å². The minimum Gasteiger partial charge on any atom is -0.373 e. The predicted molar refractivity (Wildman–Crippen MR) is 70.8 cm³/mol. The summed E-state index contributed by atoms with van der Waals surface area (Å²) in [6.07, 6.45) is 0. The van der Waals surface area contributed by atoms with Crippen LogP contribution in [0.15, 0.2) is 30.3 Å². The quantitative estimate of drug-likeness (QED) is 0.691. The van der Waals surface area contributed by atoms with Gasteiger partial charge in [-0.05, 0) is 24.3 Å². The summed E-state index contributed by atoms with van der Waals surface area (Å²) in [5.74, 6) is -0.112. The van der Waals surface area contributed by atoms with Gasteiger partial charge in [-0.2, -0.15) is 0 Å². The highest BCUT2D eigenvalue weighted by Gasteiger charge is 2.18. The number of halogens is 2. The van der Waals surface area contributed by atoms with Gasteiger partial charge in [0.15, 0.2) is 5.69 Å². The topological polar surface area (TPSA) is 68.1 Å². The molecule has 0 saturated carbocycles. The molecule has 98 valence electrons. The molecular formula is C12H9ClFN3O2. The second kappa shape index (κ2) is 5.19. The average Bonchev–Trinajstić information content (AvgIpc) is 2.41. The summed E-state index contributed by atoms with van der Waals surface area (Å²) >= 11 is 5.68. The van der Waals surface area contributed by atoms with Crippen molar-refractivity contribution in [1.82, 2.24) is 4.98 Å². The summed E-state index contributed by atoms with van der Waals surface area (Å²) in [5, 5.41) is 13.7. The Morgan fingerprint density at radius 3 is 2.68 bits per heavy atom. The molecule has 0 aliphatic carbocycles. The van der Waals surface area contributed by atoms with Gasteiger partial charge >= 0.3 is 0 Å². The van der Waals surface area contributed by atoms with Gasteiger partial charge in [0.1, 0.15) is 11.6 Å². The van der Waals surface area contributed by atoms with Crippen LogP contribution in [-0.2, 0) is 0 Å². The lowest BCUT2D eigenvalue weighted by Crippen LogP contribution is -1.99. The molecule has 1 aromatic heterocycles. The van der Waals surface area contributed by atoms with Gasteiger partial charge in [-0.3, -0.25) is 10.1 Å². The first-order chi connectivity index (χ1) is 9.02. The van der Waals surface area contributed by atoms with E-state index in [0.717, 1.165) is 6.07 Å². The summed E-state index contributed by atoms with van der Waals surface area (Å²) < 4.78 is 13.1. The first-order valence-corrected chi connectivity index (χ1v) is 5.69. The van der Waals surface area contributed by atoms with E-state index in [9.17, 15) is 14.5 Å². The van der Waals surface area contributed by atoms with E-state index >= 15 is 0 Å². The van der Waals surface area contributed by atoms with Crippen LogP contribution in [0, 0.1) is 15.9 Å². The Morgan fingerprint density at radius 1 is 1.37 bits per heavy atom. The van der Waals surface area contributed by atoms with Gasteiger partial charge in [0, 0.05) is 18.7 Å². The third-order valence-electron chi connectivity index (χ3n) is 2.52. The molecule has 2 aromatic rings. The van der Waals surface area contributed by atoms with Gasteiger partial charge in [-0.1, -0.05) is 11.6 Å². The van der Waals surface area contributed by atoms with E-state index in [1.165, 1.54) is 24.3 Å². The standard InChI is InChI=1S/C12H9ClFN3O2/c1-15-11-5-4-10(17(18)19)12(16-11)7-2-3-9(14)8(13)6-7/h2-6H,1H3,(H,15,16). The molecule has 1 heterocycles. The van der Waals surface area contributed by atoms with Crippen LogP contribution in [-0.4, -0.2) is 17.0 Å². The molecule has 0 unspecified atom stereocenters. The molecule has 0 amide bonds. The maximum atomic E-state index is 13.1. The van der Waals surface area contributed by atoms with Crippen LogP contribution in [0.2, 0.25) is 5.02 Å². The van der Waals surface area contributed by atoms with E-state index in [-0.39, 0.29) is 16.4 Å². The highest BCUT2D eigenvalue weighted by Crippen LogP contribution is 2.31. The molecule has 0 radical (unpaired) electrons. The number of nitrogens with one attached hydrogen (secondary N) is 1. The molecular weight excluding hydrogens is 273 g/mol. The molecule has 0 fully saturated rings. The van der Waals surface area contributed by atoms with Crippen LogP contribution >= 0.6 is 11.6 Å². The van der Waals surface area contributed by atoms with Gasteiger partial charge in [-0.25, -0.2) is 9.37 Å². The predicted octanol–water partition coefficient (Wildman–Crippen LogP) is 3.49. The summed E-state index contributed by atoms with van der Waals surface area (Å²) in [6, 6.07) is 6.69. The number of benzene rings is 1. The largest absolute Gasteiger partial charge is 0.373 e. The normalized spacial score (nSPS) is 10.3. The molecule has 0 spiro atoms. The Labute approximate surface area is 113 Å². The highest BCUT2D eigenvalue weighted by molar-refractivity contribution is 6.31. The van der Waals surface area contributed by atoms with Crippen LogP contribution in [0.5, 0.6) is 0 Å². The van der Waals surface area contributed by atoms with Crippen LogP contribution in [0.25, 0.3) is 11.3 Å². The maximum Gasteiger partial charge on any atom is 0.295 e. The molecule has 1 N–H and O–H groups in total. The van der Waals surface area contributed by atoms with Crippen LogP contribution in [0.3, 0.4) is 0 Å². The molecule has 7 heteroatoms. The van der Waals surface area contributed by atoms with Crippen molar-refractivity contribution in [3.05, 3.63) is 51.3 Å². The summed E-state index contributed by atoms with van der Waals surface area (Å²) in [5.41, 5.74) is 0.357. The van der Waals surface area contributed by atoms with Gasteiger partial charge in [0.25, 0.3) is 5.69 Å².